The van der Waals surface area contributed by atoms with Gasteiger partial charge in [-0.3, -0.25) is 0 Å². The highest BCUT2D eigenvalue weighted by Gasteiger charge is 2.24. The first-order valence-electron chi connectivity index (χ1n) is 3.34. The van der Waals surface area contributed by atoms with E-state index in [1.165, 1.54) is 7.05 Å². The number of hydrogen-bond acceptors (Lipinski definition) is 4. The van der Waals surface area contributed by atoms with Crippen LogP contribution in [0.2, 0.25) is 4.34 Å². The molecule has 14 heavy (non-hydrogen) atoms. The third-order valence-electron chi connectivity index (χ3n) is 1.42. The highest BCUT2D eigenvalue weighted by atomic mass is 35.5. The van der Waals surface area contributed by atoms with Crippen molar-refractivity contribution < 1.29 is 18.3 Å². The van der Waals surface area contributed by atoms with Crippen LogP contribution in [0.3, 0.4) is 0 Å². The number of thiophene rings is 1. The van der Waals surface area contributed by atoms with E-state index in [2.05, 4.69) is 0 Å². The molecule has 5 nitrogen and oxygen atoms in total. The van der Waals surface area contributed by atoms with Gasteiger partial charge in [0.1, 0.15) is 9.77 Å². The number of carbonyl (C=O) groups is 1. The van der Waals surface area contributed by atoms with Gasteiger partial charge in [0.2, 0.25) is 10.0 Å². The van der Waals surface area contributed by atoms with Gasteiger partial charge in [0.25, 0.3) is 0 Å². The van der Waals surface area contributed by atoms with Crippen LogP contribution >= 0.6 is 22.9 Å². The topological polar surface area (TPSA) is 83.5 Å². The second-order valence-corrected chi connectivity index (χ2v) is 5.80. The number of rotatable bonds is 3. The van der Waals surface area contributed by atoms with Gasteiger partial charge in [-0.2, -0.15) is 0 Å². The van der Waals surface area contributed by atoms with Crippen LogP contribution in [0, 0.1) is 0 Å². The van der Waals surface area contributed by atoms with Gasteiger partial charge in [-0.25, -0.2) is 17.9 Å². The van der Waals surface area contributed by atoms with Gasteiger partial charge in [0.05, 0.1) is 4.34 Å². The second kappa shape index (κ2) is 3.85. The number of carboxylic acids is 1. The van der Waals surface area contributed by atoms with Crippen LogP contribution in [-0.4, -0.2) is 26.5 Å². The molecule has 0 aliphatic heterocycles. The van der Waals surface area contributed by atoms with Gasteiger partial charge in [-0.05, 0) is 13.1 Å². The zero-order chi connectivity index (χ0) is 10.9. The molecule has 0 radical (unpaired) electrons. The van der Waals surface area contributed by atoms with E-state index < -0.39 is 16.0 Å². The molecule has 0 unspecified atom stereocenters. The van der Waals surface area contributed by atoms with E-state index in [1.54, 1.807) is 0 Å². The third-order valence-corrected chi connectivity index (χ3v) is 4.24. The van der Waals surface area contributed by atoms with Crippen LogP contribution in [0.1, 0.15) is 9.67 Å². The van der Waals surface area contributed by atoms with Gasteiger partial charge in [0.15, 0.2) is 0 Å². The lowest BCUT2D eigenvalue weighted by molar-refractivity contribution is 0.0698. The summed E-state index contributed by atoms with van der Waals surface area (Å²) in [7, 11) is -2.56. The summed E-state index contributed by atoms with van der Waals surface area (Å²) in [5, 5.41) is 8.70. The molecule has 0 spiro atoms. The van der Waals surface area contributed by atoms with Gasteiger partial charge < -0.3 is 5.11 Å². The maximum atomic E-state index is 11.3. The fourth-order valence-corrected chi connectivity index (χ4v) is 3.18. The van der Waals surface area contributed by atoms with Gasteiger partial charge in [-0.1, -0.05) is 11.6 Å². The summed E-state index contributed by atoms with van der Waals surface area (Å²) in [6.07, 6.45) is 0. The van der Waals surface area contributed by atoms with Crippen molar-refractivity contribution >= 4 is 38.9 Å². The minimum absolute atomic E-state index is 0.122. The van der Waals surface area contributed by atoms with E-state index in [9.17, 15) is 13.2 Å². The Kier molecular flexibility index (Phi) is 3.15. The van der Waals surface area contributed by atoms with E-state index in [-0.39, 0.29) is 14.1 Å². The molecule has 2 N–H and O–H groups in total. The Morgan fingerprint density at radius 1 is 1.64 bits per heavy atom. The highest BCUT2D eigenvalue weighted by molar-refractivity contribution is 7.89. The number of nitrogens with one attached hydrogen (secondary N) is 1. The van der Waals surface area contributed by atoms with Crippen LogP contribution in [0.5, 0.6) is 0 Å². The molecule has 0 aliphatic rings. The largest absolute Gasteiger partial charge is 0.477 e. The summed E-state index contributed by atoms with van der Waals surface area (Å²) in [6, 6.07) is 1.11. The first-order chi connectivity index (χ1) is 6.38. The first kappa shape index (κ1) is 11.4. The monoisotopic (exact) mass is 255 g/mol. The fraction of sp³-hybridized carbons (Fsp3) is 0.167. The lowest BCUT2D eigenvalue weighted by atomic mass is 10.5. The van der Waals surface area contributed by atoms with E-state index in [0.717, 1.165) is 6.07 Å². The molecular weight excluding hydrogens is 250 g/mol. The molecule has 1 aromatic rings. The van der Waals surface area contributed by atoms with Crippen molar-refractivity contribution in [1.29, 1.82) is 0 Å². The number of hydrogen-bond donors (Lipinski definition) is 2. The smallest absolute Gasteiger partial charge is 0.347 e. The average molecular weight is 256 g/mol. The average Bonchev–Trinajstić information content (AvgIpc) is 2.48. The van der Waals surface area contributed by atoms with Gasteiger partial charge in [0, 0.05) is 0 Å². The van der Waals surface area contributed by atoms with Crippen molar-refractivity contribution in [2.75, 3.05) is 7.05 Å². The van der Waals surface area contributed by atoms with E-state index in [1.807, 2.05) is 4.72 Å². The van der Waals surface area contributed by atoms with Crippen molar-refractivity contribution in [3.63, 3.8) is 0 Å². The Labute approximate surface area is 89.4 Å². The maximum Gasteiger partial charge on any atom is 0.347 e. The van der Waals surface area contributed by atoms with Crippen molar-refractivity contribution in [3.8, 4) is 0 Å². The summed E-state index contributed by atoms with van der Waals surface area (Å²) >= 11 is 6.25. The number of aromatic carboxylic acids is 1. The molecule has 1 rings (SSSR count). The molecule has 0 bridgehead atoms. The summed E-state index contributed by atoms with van der Waals surface area (Å²) in [4.78, 5) is 10.1. The summed E-state index contributed by atoms with van der Waals surface area (Å²) in [6.45, 7) is 0. The standard InChI is InChI=1S/C6H6ClNO4S2/c1-8-14(11,12)3-2-4(7)13-5(3)6(9)10/h2,8H,1H3,(H,9,10). The minimum atomic E-state index is -3.76. The SMILES string of the molecule is CNS(=O)(=O)c1cc(Cl)sc1C(=O)O. The molecule has 0 aliphatic carbocycles. The lowest BCUT2D eigenvalue weighted by Gasteiger charge is -1.99. The van der Waals surface area contributed by atoms with Gasteiger partial charge in [-0.15, -0.1) is 11.3 Å². The van der Waals surface area contributed by atoms with Crippen LogP contribution in [0.4, 0.5) is 0 Å². The Morgan fingerprint density at radius 3 is 2.64 bits per heavy atom. The third kappa shape index (κ3) is 2.06. The number of sulfonamides is 1. The predicted octanol–water partition coefficient (Wildman–Crippen LogP) is 1.01. The normalized spacial score (nSPS) is 11.6. The maximum absolute atomic E-state index is 11.3. The second-order valence-electron chi connectivity index (χ2n) is 2.26. The predicted molar refractivity (Wildman–Crippen MR) is 52.5 cm³/mol. The summed E-state index contributed by atoms with van der Waals surface area (Å²) in [5.74, 6) is -1.31. The van der Waals surface area contributed by atoms with E-state index in [0.29, 0.717) is 11.3 Å². The summed E-state index contributed by atoms with van der Waals surface area (Å²) < 4.78 is 24.8. The first-order valence-corrected chi connectivity index (χ1v) is 6.02. The summed E-state index contributed by atoms with van der Waals surface area (Å²) in [5.41, 5.74) is 0. The molecular formula is C6H6ClNO4S2. The van der Waals surface area contributed by atoms with E-state index >= 15 is 0 Å². The Morgan fingerprint density at radius 2 is 2.21 bits per heavy atom. The highest BCUT2D eigenvalue weighted by Crippen LogP contribution is 2.29. The zero-order valence-electron chi connectivity index (χ0n) is 6.94. The fourth-order valence-electron chi connectivity index (χ4n) is 0.804. The van der Waals surface area contributed by atoms with Crippen LogP contribution in [0.25, 0.3) is 0 Å². The Hall–Kier alpha value is -0.630. The molecule has 0 atom stereocenters. The molecule has 0 amide bonds. The molecule has 8 heteroatoms. The Bertz CT molecular complexity index is 464. The molecule has 0 saturated carbocycles. The molecule has 0 fully saturated rings. The van der Waals surface area contributed by atoms with Crippen molar-refractivity contribution in [1.82, 2.24) is 4.72 Å². The molecule has 0 saturated heterocycles. The number of carboxylic acid groups (broad SMARTS) is 1. The molecule has 78 valence electrons. The quantitative estimate of drug-likeness (QED) is 0.844. The molecule has 1 aromatic heterocycles. The lowest BCUT2D eigenvalue weighted by Crippen LogP contribution is -2.20. The van der Waals surface area contributed by atoms with Gasteiger partial charge >= 0.3 is 5.97 Å². The van der Waals surface area contributed by atoms with Crippen LogP contribution in [-0.2, 0) is 10.0 Å². The molecule has 1 heterocycles. The zero-order valence-corrected chi connectivity index (χ0v) is 9.33. The van der Waals surface area contributed by atoms with Crippen molar-refractivity contribution in [2.45, 2.75) is 4.90 Å². The van der Waals surface area contributed by atoms with Crippen molar-refractivity contribution in [3.05, 3.63) is 15.3 Å². The van der Waals surface area contributed by atoms with E-state index in [4.69, 9.17) is 16.7 Å². The Balaban J connectivity index is 3.42. The minimum Gasteiger partial charge on any atom is -0.477 e. The van der Waals surface area contributed by atoms with Crippen LogP contribution < -0.4 is 4.72 Å². The molecule has 0 aromatic carbocycles. The number of halogens is 1. The van der Waals surface area contributed by atoms with Crippen LogP contribution in [0.15, 0.2) is 11.0 Å². The van der Waals surface area contributed by atoms with Crippen molar-refractivity contribution in [2.24, 2.45) is 0 Å².